The number of nitrogens with one attached hydrogen (secondary N) is 1. The minimum absolute atomic E-state index is 0.0535. The molecule has 3 N–H and O–H groups in total. The van der Waals surface area contributed by atoms with Gasteiger partial charge in [0.05, 0.1) is 15.7 Å². The van der Waals surface area contributed by atoms with Crippen molar-refractivity contribution in [1.82, 2.24) is 14.5 Å². The smallest absolute Gasteiger partial charge is 0.242 e. The molecule has 9 heteroatoms. The van der Waals surface area contributed by atoms with Gasteiger partial charge in [0, 0.05) is 25.5 Å². The summed E-state index contributed by atoms with van der Waals surface area (Å²) in [5.41, 5.74) is 5.68. The fourth-order valence-corrected chi connectivity index (χ4v) is 3.55. The van der Waals surface area contributed by atoms with Crippen LogP contribution in [0.25, 0.3) is 0 Å². The quantitative estimate of drug-likeness (QED) is 0.618. The first kappa shape index (κ1) is 16.1. The van der Waals surface area contributed by atoms with Crippen molar-refractivity contribution in [2.45, 2.75) is 17.9 Å². The molecule has 0 spiro atoms. The van der Waals surface area contributed by atoms with Crippen LogP contribution < -0.4 is 10.5 Å². The molecule has 0 saturated heterocycles. The van der Waals surface area contributed by atoms with Gasteiger partial charge in [-0.05, 0) is 24.6 Å². The van der Waals surface area contributed by atoms with E-state index in [0.717, 1.165) is 0 Å². The molecule has 0 aliphatic carbocycles. The second kappa shape index (κ2) is 6.65. The van der Waals surface area contributed by atoms with E-state index < -0.39 is 10.0 Å². The van der Waals surface area contributed by atoms with Crippen LogP contribution in [0.2, 0.25) is 10.0 Å². The fourth-order valence-electron chi connectivity index (χ4n) is 1.71. The number of aryl methyl sites for hydroxylation is 1. The van der Waals surface area contributed by atoms with Crippen LogP contribution in [0.3, 0.4) is 0 Å². The van der Waals surface area contributed by atoms with E-state index in [9.17, 15) is 8.42 Å². The summed E-state index contributed by atoms with van der Waals surface area (Å²) < 4.78 is 28.5. The van der Waals surface area contributed by atoms with Gasteiger partial charge < -0.3 is 5.73 Å². The molecule has 0 saturated carbocycles. The lowest BCUT2D eigenvalue weighted by molar-refractivity contribution is 0.553. The Kier molecular flexibility index (Phi) is 5.10. The van der Waals surface area contributed by atoms with E-state index in [1.54, 1.807) is 16.9 Å². The van der Waals surface area contributed by atoms with Gasteiger partial charge in [0.2, 0.25) is 10.0 Å². The predicted octanol–water partition coefficient (Wildman–Crippen LogP) is 2.14. The summed E-state index contributed by atoms with van der Waals surface area (Å²) in [7, 11) is -3.72. The number of hydrogen-bond donors (Lipinski definition) is 2. The number of sulfonamides is 1. The van der Waals surface area contributed by atoms with Gasteiger partial charge in [-0.25, -0.2) is 13.1 Å². The van der Waals surface area contributed by atoms with Gasteiger partial charge in [-0.2, -0.15) is 5.10 Å². The van der Waals surface area contributed by atoms with E-state index in [2.05, 4.69) is 9.82 Å². The van der Waals surface area contributed by atoms with Crippen molar-refractivity contribution in [3.63, 3.8) is 0 Å². The summed E-state index contributed by atoms with van der Waals surface area (Å²) in [6, 6.07) is 4.54. The van der Waals surface area contributed by atoms with Crippen molar-refractivity contribution < 1.29 is 8.42 Å². The maximum atomic E-state index is 12.2. The van der Waals surface area contributed by atoms with Crippen LogP contribution in [-0.2, 0) is 16.6 Å². The van der Waals surface area contributed by atoms with Gasteiger partial charge in [-0.1, -0.05) is 23.2 Å². The Hall–Kier alpha value is -1.28. The van der Waals surface area contributed by atoms with Gasteiger partial charge in [0.1, 0.15) is 4.90 Å². The average Bonchev–Trinajstić information content (AvgIpc) is 2.94. The minimum atomic E-state index is -3.72. The molecular weight excluding hydrogens is 335 g/mol. The highest BCUT2D eigenvalue weighted by atomic mass is 35.5. The average molecular weight is 349 g/mol. The van der Waals surface area contributed by atoms with Crippen LogP contribution in [0.5, 0.6) is 0 Å². The molecule has 1 aromatic carbocycles. The molecule has 2 rings (SSSR count). The zero-order valence-corrected chi connectivity index (χ0v) is 13.3. The lowest BCUT2D eigenvalue weighted by Crippen LogP contribution is -2.26. The monoisotopic (exact) mass is 348 g/mol. The molecule has 0 bridgehead atoms. The number of halogens is 2. The van der Waals surface area contributed by atoms with Gasteiger partial charge in [0.15, 0.2) is 0 Å². The maximum Gasteiger partial charge on any atom is 0.242 e. The Bertz CT molecular complexity index is 717. The lowest BCUT2D eigenvalue weighted by atomic mass is 10.3. The van der Waals surface area contributed by atoms with Gasteiger partial charge >= 0.3 is 0 Å². The van der Waals surface area contributed by atoms with Gasteiger partial charge in [-0.15, -0.1) is 0 Å². The number of nitrogens with two attached hydrogens (primary N) is 1. The second-order valence-electron chi connectivity index (χ2n) is 4.29. The standard InChI is InChI=1S/C12H14Cl2N4O2S/c13-9-3-4-10(11(14)12(9)15)21(19,20)17-6-2-8-18-7-1-5-16-18/h1,3-5,7,17H,2,6,8,15H2. The first-order valence-corrected chi connectivity index (χ1v) is 8.36. The molecule has 1 heterocycles. The van der Waals surface area contributed by atoms with Crippen molar-refractivity contribution in [1.29, 1.82) is 0 Å². The third-order valence-electron chi connectivity index (χ3n) is 2.80. The molecule has 0 fully saturated rings. The third-order valence-corrected chi connectivity index (χ3v) is 5.15. The summed E-state index contributed by atoms with van der Waals surface area (Å²) in [5.74, 6) is 0. The molecular formula is C12H14Cl2N4O2S. The van der Waals surface area contributed by atoms with E-state index in [0.29, 0.717) is 13.0 Å². The molecule has 0 atom stereocenters. The van der Waals surface area contributed by atoms with Crippen molar-refractivity contribution in [3.8, 4) is 0 Å². The van der Waals surface area contributed by atoms with E-state index in [1.807, 2.05) is 6.20 Å². The van der Waals surface area contributed by atoms with E-state index in [4.69, 9.17) is 28.9 Å². The largest absolute Gasteiger partial charge is 0.396 e. The highest BCUT2D eigenvalue weighted by Gasteiger charge is 2.20. The molecule has 0 amide bonds. The van der Waals surface area contributed by atoms with E-state index in [1.165, 1.54) is 12.1 Å². The Labute approximate surface area is 132 Å². The highest BCUT2D eigenvalue weighted by molar-refractivity contribution is 7.89. The van der Waals surface area contributed by atoms with Crippen molar-refractivity contribution >= 4 is 38.9 Å². The Balaban J connectivity index is 2.00. The number of hydrogen-bond acceptors (Lipinski definition) is 4. The first-order valence-electron chi connectivity index (χ1n) is 6.12. The topological polar surface area (TPSA) is 90.0 Å². The molecule has 0 aliphatic rings. The molecule has 6 nitrogen and oxygen atoms in total. The number of aromatic nitrogens is 2. The Morgan fingerprint density at radius 1 is 1.33 bits per heavy atom. The maximum absolute atomic E-state index is 12.2. The molecule has 1 aromatic heterocycles. The molecule has 0 radical (unpaired) electrons. The fraction of sp³-hybridized carbons (Fsp3) is 0.250. The zero-order valence-electron chi connectivity index (χ0n) is 11.0. The number of nitrogen functional groups attached to an aromatic ring is 1. The van der Waals surface area contributed by atoms with Crippen molar-refractivity contribution in [3.05, 3.63) is 40.6 Å². The van der Waals surface area contributed by atoms with Crippen LogP contribution in [0, 0.1) is 0 Å². The Morgan fingerprint density at radius 2 is 2.10 bits per heavy atom. The molecule has 0 unspecified atom stereocenters. The molecule has 114 valence electrons. The number of anilines is 1. The molecule has 0 aliphatic heterocycles. The van der Waals surface area contributed by atoms with Crippen LogP contribution in [0.1, 0.15) is 6.42 Å². The lowest BCUT2D eigenvalue weighted by Gasteiger charge is -2.10. The number of benzene rings is 1. The van der Waals surface area contributed by atoms with Crippen LogP contribution in [0.15, 0.2) is 35.5 Å². The van der Waals surface area contributed by atoms with Crippen LogP contribution >= 0.6 is 23.2 Å². The van der Waals surface area contributed by atoms with E-state index >= 15 is 0 Å². The minimum Gasteiger partial charge on any atom is -0.396 e. The van der Waals surface area contributed by atoms with Crippen LogP contribution in [0.4, 0.5) is 5.69 Å². The van der Waals surface area contributed by atoms with E-state index in [-0.39, 0.29) is 27.2 Å². The van der Waals surface area contributed by atoms with Crippen LogP contribution in [-0.4, -0.2) is 24.7 Å². The summed E-state index contributed by atoms with van der Waals surface area (Å²) in [6.07, 6.45) is 4.08. The highest BCUT2D eigenvalue weighted by Crippen LogP contribution is 2.32. The SMILES string of the molecule is Nc1c(Cl)ccc(S(=O)(=O)NCCCn2cccn2)c1Cl. The predicted molar refractivity (Wildman–Crippen MR) is 82.9 cm³/mol. The zero-order chi connectivity index (χ0) is 15.5. The normalized spacial score (nSPS) is 11.7. The van der Waals surface area contributed by atoms with Gasteiger partial charge in [0.25, 0.3) is 0 Å². The van der Waals surface area contributed by atoms with Crippen molar-refractivity contribution in [2.75, 3.05) is 12.3 Å². The second-order valence-corrected chi connectivity index (χ2v) is 6.81. The summed E-state index contributed by atoms with van der Waals surface area (Å²) >= 11 is 11.7. The summed E-state index contributed by atoms with van der Waals surface area (Å²) in [6.45, 7) is 0.882. The Morgan fingerprint density at radius 3 is 2.76 bits per heavy atom. The number of rotatable bonds is 6. The molecule has 21 heavy (non-hydrogen) atoms. The first-order chi connectivity index (χ1) is 9.92. The third kappa shape index (κ3) is 3.88. The number of nitrogens with zero attached hydrogens (tertiary/aromatic N) is 2. The van der Waals surface area contributed by atoms with Crippen molar-refractivity contribution in [2.24, 2.45) is 0 Å². The summed E-state index contributed by atoms with van der Waals surface area (Å²) in [4.78, 5) is -0.0786. The van der Waals surface area contributed by atoms with Gasteiger partial charge in [-0.3, -0.25) is 4.68 Å². The summed E-state index contributed by atoms with van der Waals surface area (Å²) in [5, 5.41) is 4.18. The molecule has 2 aromatic rings.